The van der Waals surface area contributed by atoms with E-state index >= 15 is 0 Å². The summed E-state index contributed by atoms with van der Waals surface area (Å²) < 4.78 is 1.84. The number of pyridine rings is 1. The maximum atomic E-state index is 12.3. The number of aromatic nitrogens is 2. The highest BCUT2D eigenvalue weighted by Gasteiger charge is 2.11. The van der Waals surface area contributed by atoms with E-state index in [4.69, 9.17) is 0 Å². The number of benzene rings is 1. The van der Waals surface area contributed by atoms with Crippen LogP contribution in [0.4, 0.5) is 0 Å². The van der Waals surface area contributed by atoms with Crippen LogP contribution >= 0.6 is 0 Å². The Labute approximate surface area is 129 Å². The van der Waals surface area contributed by atoms with E-state index in [2.05, 4.69) is 43.2 Å². The summed E-state index contributed by atoms with van der Waals surface area (Å²) in [6.07, 6.45) is 3.63. The van der Waals surface area contributed by atoms with E-state index in [1.807, 2.05) is 28.8 Å². The molecule has 3 rings (SSSR count). The molecular weight excluding hydrogens is 274 g/mol. The normalized spacial score (nSPS) is 10.9. The average Bonchev–Trinajstić information content (AvgIpc) is 2.89. The largest absolute Gasteiger partial charge is 0.347 e. The van der Waals surface area contributed by atoms with Crippen molar-refractivity contribution in [1.29, 1.82) is 0 Å². The third-order valence-electron chi connectivity index (χ3n) is 3.86. The topological polar surface area (TPSA) is 46.4 Å². The maximum absolute atomic E-state index is 12.3. The van der Waals surface area contributed by atoms with Crippen molar-refractivity contribution in [2.45, 2.75) is 27.3 Å². The van der Waals surface area contributed by atoms with Gasteiger partial charge >= 0.3 is 0 Å². The van der Waals surface area contributed by atoms with Crippen molar-refractivity contribution in [2.75, 3.05) is 0 Å². The first-order chi connectivity index (χ1) is 10.5. The number of hydrogen-bond acceptors (Lipinski definition) is 2. The zero-order chi connectivity index (χ0) is 15.7. The van der Waals surface area contributed by atoms with Crippen LogP contribution in [-0.4, -0.2) is 15.3 Å². The molecule has 0 bridgehead atoms. The van der Waals surface area contributed by atoms with E-state index in [1.165, 1.54) is 22.3 Å². The highest BCUT2D eigenvalue weighted by molar-refractivity contribution is 5.92. The van der Waals surface area contributed by atoms with Crippen LogP contribution in [0.5, 0.6) is 0 Å². The van der Waals surface area contributed by atoms with Gasteiger partial charge < -0.3 is 9.72 Å². The van der Waals surface area contributed by atoms with Crippen LogP contribution in [0.15, 0.2) is 42.7 Å². The molecule has 1 aromatic carbocycles. The Balaban J connectivity index is 1.78. The van der Waals surface area contributed by atoms with Crippen molar-refractivity contribution in [2.24, 2.45) is 0 Å². The van der Waals surface area contributed by atoms with Crippen LogP contribution in [0.25, 0.3) is 5.65 Å². The molecule has 0 fully saturated rings. The van der Waals surface area contributed by atoms with Crippen LogP contribution in [0, 0.1) is 20.8 Å². The van der Waals surface area contributed by atoms with Crippen molar-refractivity contribution >= 4 is 11.6 Å². The van der Waals surface area contributed by atoms with Crippen LogP contribution in [0.1, 0.15) is 32.7 Å². The Kier molecular flexibility index (Phi) is 3.67. The second-order valence-electron chi connectivity index (χ2n) is 5.65. The average molecular weight is 293 g/mol. The van der Waals surface area contributed by atoms with Crippen molar-refractivity contribution in [1.82, 2.24) is 14.7 Å². The van der Waals surface area contributed by atoms with Crippen LogP contribution in [0.3, 0.4) is 0 Å². The Morgan fingerprint density at radius 2 is 1.91 bits per heavy atom. The number of hydrogen-bond donors (Lipinski definition) is 1. The third-order valence-corrected chi connectivity index (χ3v) is 3.86. The van der Waals surface area contributed by atoms with Gasteiger partial charge in [0.15, 0.2) is 0 Å². The number of carbonyl (C=O) groups excluding carboxylic acids is 1. The monoisotopic (exact) mass is 293 g/mol. The van der Waals surface area contributed by atoms with E-state index in [9.17, 15) is 4.79 Å². The molecular formula is C18H19N3O. The molecule has 0 unspecified atom stereocenters. The first kappa shape index (κ1) is 14.3. The Morgan fingerprint density at radius 1 is 1.18 bits per heavy atom. The predicted molar refractivity (Wildman–Crippen MR) is 87.0 cm³/mol. The Hall–Kier alpha value is -2.62. The summed E-state index contributed by atoms with van der Waals surface area (Å²) in [7, 11) is 0. The molecule has 0 spiro atoms. The lowest BCUT2D eigenvalue weighted by Gasteiger charge is -2.11. The minimum Gasteiger partial charge on any atom is -0.347 e. The number of nitrogens with one attached hydrogen (secondary N) is 1. The minimum atomic E-state index is -0.150. The van der Waals surface area contributed by atoms with Crippen LogP contribution in [0.2, 0.25) is 0 Å². The number of nitrogens with zero attached hydrogens (tertiary/aromatic N) is 2. The Bertz CT molecular complexity index is 792. The van der Waals surface area contributed by atoms with Gasteiger partial charge in [0.05, 0.1) is 0 Å². The quantitative estimate of drug-likeness (QED) is 0.806. The zero-order valence-corrected chi connectivity index (χ0v) is 13.1. The van der Waals surface area contributed by atoms with Gasteiger partial charge in [0, 0.05) is 18.9 Å². The molecule has 0 radical (unpaired) electrons. The predicted octanol–water partition coefficient (Wildman–Crippen LogP) is 3.19. The molecule has 1 amide bonds. The molecule has 4 nitrogen and oxygen atoms in total. The van der Waals surface area contributed by atoms with Crippen molar-refractivity contribution < 1.29 is 4.79 Å². The van der Waals surface area contributed by atoms with Gasteiger partial charge in [-0.1, -0.05) is 23.8 Å². The molecule has 3 aromatic rings. The summed E-state index contributed by atoms with van der Waals surface area (Å²) in [5.74, 6) is -0.150. The number of rotatable bonds is 3. The lowest BCUT2D eigenvalue weighted by Crippen LogP contribution is -2.24. The number of imidazole rings is 1. The summed E-state index contributed by atoms with van der Waals surface area (Å²) in [4.78, 5) is 16.6. The molecule has 4 heteroatoms. The number of aryl methyl sites for hydroxylation is 3. The van der Waals surface area contributed by atoms with Crippen molar-refractivity contribution in [3.05, 3.63) is 70.7 Å². The van der Waals surface area contributed by atoms with Gasteiger partial charge in [-0.25, -0.2) is 4.98 Å². The van der Waals surface area contributed by atoms with E-state index in [0.717, 1.165) is 5.65 Å². The number of amides is 1. The van der Waals surface area contributed by atoms with Crippen LogP contribution < -0.4 is 5.32 Å². The highest BCUT2D eigenvalue weighted by atomic mass is 16.1. The van der Waals surface area contributed by atoms with E-state index < -0.39 is 0 Å². The molecule has 0 saturated heterocycles. The number of fused-ring (bicyclic) bond motifs is 1. The lowest BCUT2D eigenvalue weighted by molar-refractivity contribution is 0.0946. The fourth-order valence-electron chi connectivity index (χ4n) is 2.79. The highest BCUT2D eigenvalue weighted by Crippen LogP contribution is 2.16. The standard InChI is InChI=1S/C18H19N3O/c1-12-8-13(2)15(14(3)9-12)10-19-18(22)16-11-21-7-5-4-6-17(21)20-16/h4-9,11H,10H2,1-3H3,(H,19,22). The van der Waals surface area contributed by atoms with Crippen molar-refractivity contribution in [3.63, 3.8) is 0 Å². The molecule has 2 heterocycles. The van der Waals surface area contributed by atoms with E-state index in [0.29, 0.717) is 12.2 Å². The van der Waals surface area contributed by atoms with Crippen molar-refractivity contribution in [3.8, 4) is 0 Å². The van der Waals surface area contributed by atoms with Gasteiger partial charge in [0.25, 0.3) is 5.91 Å². The van der Waals surface area contributed by atoms with Crippen LogP contribution in [-0.2, 0) is 6.54 Å². The second-order valence-corrected chi connectivity index (χ2v) is 5.65. The summed E-state index contributed by atoms with van der Waals surface area (Å²) >= 11 is 0. The molecule has 1 N–H and O–H groups in total. The molecule has 0 aliphatic rings. The smallest absolute Gasteiger partial charge is 0.271 e. The molecule has 0 atom stereocenters. The fraction of sp³-hybridized carbons (Fsp3) is 0.222. The molecule has 0 aliphatic heterocycles. The van der Waals surface area contributed by atoms with Gasteiger partial charge in [0.2, 0.25) is 0 Å². The zero-order valence-electron chi connectivity index (χ0n) is 13.1. The maximum Gasteiger partial charge on any atom is 0.271 e. The van der Waals surface area contributed by atoms with E-state index in [-0.39, 0.29) is 5.91 Å². The fourth-order valence-corrected chi connectivity index (χ4v) is 2.79. The molecule has 112 valence electrons. The lowest BCUT2D eigenvalue weighted by atomic mass is 10.00. The SMILES string of the molecule is Cc1cc(C)c(CNC(=O)c2cn3ccccc3n2)c(C)c1. The minimum absolute atomic E-state index is 0.150. The molecule has 2 aromatic heterocycles. The second kappa shape index (κ2) is 5.64. The van der Waals surface area contributed by atoms with Gasteiger partial charge in [-0.15, -0.1) is 0 Å². The van der Waals surface area contributed by atoms with E-state index in [1.54, 1.807) is 6.20 Å². The molecule has 0 aliphatic carbocycles. The van der Waals surface area contributed by atoms with Gasteiger partial charge in [0.1, 0.15) is 11.3 Å². The molecule has 0 saturated carbocycles. The van der Waals surface area contributed by atoms with Gasteiger partial charge in [-0.3, -0.25) is 4.79 Å². The summed E-state index contributed by atoms with van der Waals surface area (Å²) in [5.41, 5.74) is 6.03. The third kappa shape index (κ3) is 2.72. The van der Waals surface area contributed by atoms with Gasteiger partial charge in [-0.05, 0) is 49.6 Å². The Morgan fingerprint density at radius 3 is 2.59 bits per heavy atom. The summed E-state index contributed by atoms with van der Waals surface area (Å²) in [6, 6.07) is 9.97. The first-order valence-electron chi connectivity index (χ1n) is 7.33. The first-order valence-corrected chi connectivity index (χ1v) is 7.33. The number of carbonyl (C=O) groups is 1. The summed E-state index contributed by atoms with van der Waals surface area (Å²) in [5, 5.41) is 2.96. The van der Waals surface area contributed by atoms with Gasteiger partial charge in [-0.2, -0.15) is 0 Å². The molecule has 22 heavy (non-hydrogen) atoms. The summed E-state index contributed by atoms with van der Waals surface area (Å²) in [6.45, 7) is 6.75.